The first-order valence-corrected chi connectivity index (χ1v) is 8.23. The zero-order valence-corrected chi connectivity index (χ0v) is 15.1. The number of aromatic amines is 1. The number of hydrogen-bond acceptors (Lipinski definition) is 7. The first-order valence-electron chi connectivity index (χ1n) is 7.85. The first-order chi connectivity index (χ1) is 12.9. The highest BCUT2D eigenvalue weighted by Crippen LogP contribution is 2.30. The van der Waals surface area contributed by atoms with E-state index in [1.807, 2.05) is 0 Å². The van der Waals surface area contributed by atoms with E-state index in [-0.39, 0.29) is 35.8 Å². The second kappa shape index (κ2) is 7.62. The summed E-state index contributed by atoms with van der Waals surface area (Å²) in [7, 11) is 1.55. The molecule has 0 aliphatic carbocycles. The summed E-state index contributed by atoms with van der Waals surface area (Å²) in [6, 6.07) is 3.08. The van der Waals surface area contributed by atoms with Gasteiger partial charge in [0, 0.05) is 18.8 Å². The maximum atomic E-state index is 13.9. The van der Waals surface area contributed by atoms with Crippen LogP contribution in [0.15, 0.2) is 23.1 Å². The molecule has 11 heteroatoms. The standard InChI is InChI=1S/C16H15ClFN5O4/c1-3-26-12(24)7-27-11-5-8(4-10-13(11)23(2)16(25)21-10)20-14-9(18)6-19-15(17)22-14/h4-6H,3,7H2,1-2H3,(H,21,25)(H,19,20,22). The van der Waals surface area contributed by atoms with E-state index in [1.165, 1.54) is 10.6 Å². The molecule has 2 aromatic heterocycles. The molecule has 0 radical (unpaired) electrons. The van der Waals surface area contributed by atoms with Gasteiger partial charge in [0.1, 0.15) is 11.3 Å². The molecule has 0 atom stereocenters. The number of nitrogens with one attached hydrogen (secondary N) is 2. The molecule has 0 spiro atoms. The molecule has 0 aliphatic rings. The highest BCUT2D eigenvalue weighted by molar-refractivity contribution is 6.28. The number of esters is 1. The molecule has 2 heterocycles. The summed E-state index contributed by atoms with van der Waals surface area (Å²) in [6.07, 6.45) is 0.929. The van der Waals surface area contributed by atoms with E-state index < -0.39 is 11.8 Å². The van der Waals surface area contributed by atoms with Crippen LogP contribution in [0.25, 0.3) is 11.0 Å². The number of fused-ring (bicyclic) bond motifs is 1. The van der Waals surface area contributed by atoms with E-state index in [0.717, 1.165) is 6.20 Å². The molecule has 9 nitrogen and oxygen atoms in total. The number of anilines is 2. The normalized spacial score (nSPS) is 10.8. The van der Waals surface area contributed by atoms with Gasteiger partial charge in [-0.2, -0.15) is 4.98 Å². The molecule has 0 saturated heterocycles. The summed E-state index contributed by atoms with van der Waals surface area (Å²) >= 11 is 5.69. The summed E-state index contributed by atoms with van der Waals surface area (Å²) in [5.74, 6) is -1.19. The molecule has 0 amide bonds. The van der Waals surface area contributed by atoms with Gasteiger partial charge in [0.15, 0.2) is 18.2 Å². The van der Waals surface area contributed by atoms with Gasteiger partial charge in [-0.15, -0.1) is 0 Å². The average Bonchev–Trinajstić information content (AvgIpc) is 2.90. The molecular weight excluding hydrogens is 381 g/mol. The Kier molecular flexibility index (Phi) is 5.26. The Balaban J connectivity index is 2.00. The van der Waals surface area contributed by atoms with Gasteiger partial charge in [0.2, 0.25) is 5.28 Å². The maximum absolute atomic E-state index is 13.9. The molecule has 2 N–H and O–H groups in total. The zero-order valence-electron chi connectivity index (χ0n) is 14.4. The van der Waals surface area contributed by atoms with Crippen molar-refractivity contribution in [3.8, 4) is 5.75 Å². The van der Waals surface area contributed by atoms with Crippen molar-refractivity contribution in [3.63, 3.8) is 0 Å². The second-order valence-corrected chi connectivity index (χ2v) is 5.75. The lowest BCUT2D eigenvalue weighted by atomic mass is 10.2. The molecule has 0 aliphatic heterocycles. The Morgan fingerprint density at radius 1 is 1.44 bits per heavy atom. The van der Waals surface area contributed by atoms with Gasteiger partial charge in [-0.3, -0.25) is 4.57 Å². The lowest BCUT2D eigenvalue weighted by Crippen LogP contribution is -2.16. The number of rotatable bonds is 6. The minimum atomic E-state index is -0.713. The van der Waals surface area contributed by atoms with Crippen molar-refractivity contribution in [2.24, 2.45) is 7.05 Å². The van der Waals surface area contributed by atoms with Crippen molar-refractivity contribution < 1.29 is 18.7 Å². The smallest absolute Gasteiger partial charge is 0.344 e. The van der Waals surface area contributed by atoms with Crippen LogP contribution in [0, 0.1) is 5.82 Å². The summed E-state index contributed by atoms with van der Waals surface area (Å²) in [6.45, 7) is 1.55. The third-order valence-electron chi connectivity index (χ3n) is 3.58. The van der Waals surface area contributed by atoms with Crippen LogP contribution in [-0.4, -0.2) is 38.7 Å². The number of imidazole rings is 1. The lowest BCUT2D eigenvalue weighted by Gasteiger charge is -2.12. The van der Waals surface area contributed by atoms with E-state index in [1.54, 1.807) is 20.0 Å². The van der Waals surface area contributed by atoms with Gasteiger partial charge in [0.25, 0.3) is 0 Å². The van der Waals surface area contributed by atoms with Gasteiger partial charge in [0.05, 0.1) is 18.3 Å². The monoisotopic (exact) mass is 395 g/mol. The molecule has 3 aromatic rings. The quantitative estimate of drug-likeness (QED) is 0.485. The molecule has 27 heavy (non-hydrogen) atoms. The number of carbonyl (C=O) groups excluding carboxylic acids is 1. The fourth-order valence-corrected chi connectivity index (χ4v) is 2.57. The fraction of sp³-hybridized carbons (Fsp3) is 0.250. The van der Waals surface area contributed by atoms with E-state index in [2.05, 4.69) is 20.3 Å². The maximum Gasteiger partial charge on any atom is 0.344 e. The Morgan fingerprint density at radius 3 is 2.96 bits per heavy atom. The largest absolute Gasteiger partial charge is 0.480 e. The fourth-order valence-electron chi connectivity index (χ4n) is 2.44. The number of aryl methyl sites for hydroxylation is 1. The average molecular weight is 396 g/mol. The predicted molar refractivity (Wildman–Crippen MR) is 96.0 cm³/mol. The minimum Gasteiger partial charge on any atom is -0.480 e. The molecular formula is C16H15ClFN5O4. The van der Waals surface area contributed by atoms with Gasteiger partial charge in [-0.05, 0) is 24.6 Å². The van der Waals surface area contributed by atoms with Crippen molar-refractivity contribution in [1.29, 1.82) is 0 Å². The summed E-state index contributed by atoms with van der Waals surface area (Å²) in [5, 5.41) is 2.62. The molecule has 0 fully saturated rings. The van der Waals surface area contributed by atoms with Crippen LogP contribution in [-0.2, 0) is 16.6 Å². The summed E-state index contributed by atoms with van der Waals surface area (Å²) in [4.78, 5) is 33.5. The van der Waals surface area contributed by atoms with Crippen LogP contribution in [0.2, 0.25) is 5.28 Å². The number of hydrogen-bond donors (Lipinski definition) is 2. The SMILES string of the molecule is CCOC(=O)COc1cc(Nc2nc(Cl)ncc2F)cc2[nH]c(=O)n(C)c12. The zero-order chi connectivity index (χ0) is 19.6. The molecule has 3 rings (SSSR count). The first kappa shape index (κ1) is 18.6. The van der Waals surface area contributed by atoms with Crippen molar-refractivity contribution in [1.82, 2.24) is 19.5 Å². The molecule has 1 aromatic carbocycles. The number of carbonyl (C=O) groups is 1. The van der Waals surface area contributed by atoms with E-state index in [0.29, 0.717) is 16.7 Å². The number of H-pyrrole nitrogens is 1. The Hall–Kier alpha value is -3.14. The molecule has 0 saturated carbocycles. The van der Waals surface area contributed by atoms with Crippen molar-refractivity contribution >= 4 is 40.1 Å². The highest BCUT2D eigenvalue weighted by Gasteiger charge is 2.15. The van der Waals surface area contributed by atoms with Crippen LogP contribution in [0.5, 0.6) is 5.75 Å². The number of halogens is 2. The van der Waals surface area contributed by atoms with Crippen molar-refractivity contribution in [2.45, 2.75) is 6.92 Å². The van der Waals surface area contributed by atoms with E-state index in [9.17, 15) is 14.0 Å². The third-order valence-corrected chi connectivity index (χ3v) is 3.77. The third kappa shape index (κ3) is 4.00. The summed E-state index contributed by atoms with van der Waals surface area (Å²) in [5.41, 5.74) is 0.847. The topological polar surface area (TPSA) is 111 Å². The lowest BCUT2D eigenvalue weighted by molar-refractivity contribution is -0.145. The van der Waals surface area contributed by atoms with Crippen molar-refractivity contribution in [2.75, 3.05) is 18.5 Å². The van der Waals surface area contributed by atoms with Crippen molar-refractivity contribution in [3.05, 3.63) is 39.9 Å². The van der Waals surface area contributed by atoms with Gasteiger partial charge in [-0.25, -0.2) is 19.0 Å². The predicted octanol–water partition coefficient (Wildman–Crippen LogP) is 2.13. The van der Waals surface area contributed by atoms with Crippen LogP contribution >= 0.6 is 11.6 Å². The van der Waals surface area contributed by atoms with E-state index in [4.69, 9.17) is 21.1 Å². The van der Waals surface area contributed by atoms with Gasteiger partial charge in [-0.1, -0.05) is 0 Å². The van der Waals surface area contributed by atoms with E-state index >= 15 is 0 Å². The Bertz CT molecular complexity index is 1060. The van der Waals surface area contributed by atoms with Gasteiger partial charge < -0.3 is 19.8 Å². The highest BCUT2D eigenvalue weighted by atomic mass is 35.5. The summed E-state index contributed by atoms with van der Waals surface area (Å²) < 4.78 is 25.6. The Morgan fingerprint density at radius 2 is 2.22 bits per heavy atom. The minimum absolute atomic E-state index is 0.133. The molecule has 0 bridgehead atoms. The second-order valence-electron chi connectivity index (χ2n) is 5.41. The Labute approximate surface area is 157 Å². The number of ether oxygens (including phenoxy) is 2. The van der Waals surface area contributed by atoms with Crippen LogP contribution in [0.4, 0.5) is 15.9 Å². The number of aromatic nitrogens is 4. The molecule has 142 valence electrons. The van der Waals surface area contributed by atoms with Crippen LogP contribution in [0.1, 0.15) is 6.92 Å². The number of nitrogens with zero attached hydrogens (tertiary/aromatic N) is 3. The van der Waals surface area contributed by atoms with Gasteiger partial charge >= 0.3 is 11.7 Å². The number of benzene rings is 1. The molecule has 0 unspecified atom stereocenters. The van der Waals surface area contributed by atoms with Crippen LogP contribution in [0.3, 0.4) is 0 Å². The van der Waals surface area contributed by atoms with Crippen LogP contribution < -0.4 is 15.7 Å².